The van der Waals surface area contributed by atoms with Gasteiger partial charge >= 0.3 is 0 Å². The molecule has 0 fully saturated rings. The van der Waals surface area contributed by atoms with E-state index in [0.29, 0.717) is 5.96 Å². The number of halogens is 2. The van der Waals surface area contributed by atoms with Gasteiger partial charge in [0, 0.05) is 26.1 Å². The Hall–Kier alpha value is -0.720. The highest BCUT2D eigenvalue weighted by molar-refractivity contribution is 9.11. The van der Waals surface area contributed by atoms with Gasteiger partial charge in [0.1, 0.15) is 0 Å². The molecule has 0 aliphatic carbocycles. The molecule has 1 aromatic rings. The van der Waals surface area contributed by atoms with Crippen LogP contribution in [0, 0.1) is 0 Å². The second-order valence-electron chi connectivity index (χ2n) is 4.84. The van der Waals surface area contributed by atoms with Crippen molar-refractivity contribution in [2.45, 2.75) is 12.8 Å². The minimum absolute atomic E-state index is 0.549. The third-order valence-electron chi connectivity index (χ3n) is 3.40. The highest BCUT2D eigenvalue weighted by Gasteiger charge is 2.22. The summed E-state index contributed by atoms with van der Waals surface area (Å²) in [7, 11) is 0. The SMILES string of the molecule is NC(=Nc1cc(Br)ccc1Br)N1CC=CC2=C1CCCS2. The van der Waals surface area contributed by atoms with Gasteiger partial charge in [0.05, 0.1) is 5.69 Å². The molecule has 3 rings (SSSR count). The van der Waals surface area contributed by atoms with E-state index in [4.69, 9.17) is 5.73 Å². The summed E-state index contributed by atoms with van der Waals surface area (Å²) in [5, 5.41) is 0. The van der Waals surface area contributed by atoms with Gasteiger partial charge in [-0.3, -0.25) is 0 Å². The second kappa shape index (κ2) is 6.58. The number of hydrogen-bond acceptors (Lipinski definition) is 2. The average Bonchev–Trinajstić information content (AvgIpc) is 2.50. The summed E-state index contributed by atoms with van der Waals surface area (Å²) in [4.78, 5) is 8.05. The summed E-state index contributed by atoms with van der Waals surface area (Å²) < 4.78 is 1.93. The number of nitrogens with two attached hydrogens (primary N) is 1. The standard InChI is InChI=1S/C15H15Br2N3S/c16-10-5-6-11(17)12(9-10)19-15(18)20-7-1-4-14-13(20)3-2-8-21-14/h1,4-6,9H,2-3,7-8H2,(H2,18,19). The number of aliphatic imine (C=N–C) groups is 1. The molecule has 0 amide bonds. The van der Waals surface area contributed by atoms with Crippen molar-refractivity contribution in [3.05, 3.63) is 49.9 Å². The van der Waals surface area contributed by atoms with E-state index < -0.39 is 0 Å². The van der Waals surface area contributed by atoms with E-state index in [2.05, 4.69) is 53.9 Å². The predicted octanol–water partition coefficient (Wildman–Crippen LogP) is 4.77. The minimum Gasteiger partial charge on any atom is -0.369 e. The molecule has 2 N–H and O–H groups in total. The van der Waals surface area contributed by atoms with E-state index in [1.807, 2.05) is 30.0 Å². The third-order valence-corrected chi connectivity index (χ3v) is 5.74. The highest BCUT2D eigenvalue weighted by Crippen LogP contribution is 2.35. The van der Waals surface area contributed by atoms with Crippen LogP contribution in [0.1, 0.15) is 12.8 Å². The van der Waals surface area contributed by atoms with Crippen molar-refractivity contribution in [3.63, 3.8) is 0 Å². The van der Waals surface area contributed by atoms with Gasteiger partial charge in [-0.2, -0.15) is 0 Å². The van der Waals surface area contributed by atoms with Crippen LogP contribution in [0.15, 0.2) is 54.9 Å². The zero-order valence-corrected chi connectivity index (χ0v) is 15.3. The molecule has 3 nitrogen and oxygen atoms in total. The van der Waals surface area contributed by atoms with Crippen LogP contribution in [0.2, 0.25) is 0 Å². The summed E-state index contributed by atoms with van der Waals surface area (Å²) in [6.45, 7) is 0.792. The maximum absolute atomic E-state index is 6.27. The molecular weight excluding hydrogens is 414 g/mol. The topological polar surface area (TPSA) is 41.6 Å². The van der Waals surface area contributed by atoms with E-state index >= 15 is 0 Å². The number of allylic oxidation sites excluding steroid dienone is 2. The Labute approximate surface area is 145 Å². The van der Waals surface area contributed by atoms with Crippen molar-refractivity contribution >= 4 is 55.3 Å². The van der Waals surface area contributed by atoms with Gasteiger partial charge in [-0.05, 0) is 58.8 Å². The lowest BCUT2D eigenvalue weighted by molar-refractivity contribution is 0.520. The maximum atomic E-state index is 6.27. The Balaban J connectivity index is 1.92. The number of rotatable bonds is 1. The molecule has 0 aromatic heterocycles. The quantitative estimate of drug-likeness (QED) is 0.517. The van der Waals surface area contributed by atoms with Crippen LogP contribution in [0.3, 0.4) is 0 Å². The molecule has 0 saturated carbocycles. The monoisotopic (exact) mass is 427 g/mol. The summed E-state index contributed by atoms with van der Waals surface area (Å²) in [6, 6.07) is 5.90. The van der Waals surface area contributed by atoms with E-state index in [-0.39, 0.29) is 0 Å². The second-order valence-corrected chi connectivity index (χ2v) is 7.75. The van der Waals surface area contributed by atoms with Crippen LogP contribution in [-0.2, 0) is 0 Å². The fourth-order valence-electron chi connectivity index (χ4n) is 2.40. The Bertz CT molecular complexity index is 652. The zero-order valence-electron chi connectivity index (χ0n) is 11.4. The van der Waals surface area contributed by atoms with Crippen molar-refractivity contribution < 1.29 is 0 Å². The van der Waals surface area contributed by atoms with Gasteiger partial charge in [0.15, 0.2) is 0 Å². The fourth-order valence-corrected chi connectivity index (χ4v) is 4.17. The predicted molar refractivity (Wildman–Crippen MR) is 97.7 cm³/mol. The molecule has 0 spiro atoms. The molecular formula is C15H15Br2N3S. The summed E-state index contributed by atoms with van der Waals surface area (Å²) in [5.41, 5.74) is 8.41. The van der Waals surface area contributed by atoms with Gasteiger partial charge < -0.3 is 10.6 Å². The minimum atomic E-state index is 0.549. The molecule has 0 saturated heterocycles. The first-order chi connectivity index (χ1) is 10.1. The Morgan fingerprint density at radius 1 is 1.33 bits per heavy atom. The first-order valence-corrected chi connectivity index (χ1v) is 9.31. The van der Waals surface area contributed by atoms with Crippen molar-refractivity contribution in [1.29, 1.82) is 0 Å². The largest absolute Gasteiger partial charge is 0.369 e. The molecule has 0 atom stereocenters. The normalized spacial score (nSPS) is 19.0. The van der Waals surface area contributed by atoms with Crippen LogP contribution < -0.4 is 5.73 Å². The molecule has 1 aromatic carbocycles. The average molecular weight is 429 g/mol. The number of nitrogens with zero attached hydrogens (tertiary/aromatic N) is 2. The number of hydrogen-bond donors (Lipinski definition) is 1. The van der Waals surface area contributed by atoms with Crippen molar-refractivity contribution in [2.24, 2.45) is 10.7 Å². The van der Waals surface area contributed by atoms with Crippen LogP contribution in [0.25, 0.3) is 0 Å². The molecule has 110 valence electrons. The lowest BCUT2D eigenvalue weighted by Crippen LogP contribution is -2.38. The highest BCUT2D eigenvalue weighted by atomic mass is 79.9. The summed E-state index contributed by atoms with van der Waals surface area (Å²) in [5.74, 6) is 1.73. The van der Waals surface area contributed by atoms with E-state index in [0.717, 1.165) is 27.6 Å². The Kier molecular flexibility index (Phi) is 4.76. The van der Waals surface area contributed by atoms with Crippen LogP contribution in [0.5, 0.6) is 0 Å². The molecule has 21 heavy (non-hydrogen) atoms. The zero-order chi connectivity index (χ0) is 14.8. The van der Waals surface area contributed by atoms with Gasteiger partial charge in [-0.15, -0.1) is 11.8 Å². The van der Waals surface area contributed by atoms with Crippen LogP contribution in [-0.4, -0.2) is 23.2 Å². The van der Waals surface area contributed by atoms with Gasteiger partial charge in [-0.25, -0.2) is 4.99 Å². The molecule has 2 heterocycles. The molecule has 6 heteroatoms. The maximum Gasteiger partial charge on any atom is 0.201 e. The smallest absolute Gasteiger partial charge is 0.201 e. The molecule has 0 radical (unpaired) electrons. The van der Waals surface area contributed by atoms with Crippen LogP contribution in [0.4, 0.5) is 5.69 Å². The number of thioether (sulfide) groups is 1. The lowest BCUT2D eigenvalue weighted by atomic mass is 10.1. The van der Waals surface area contributed by atoms with E-state index in [9.17, 15) is 0 Å². The lowest BCUT2D eigenvalue weighted by Gasteiger charge is -2.32. The van der Waals surface area contributed by atoms with E-state index in [1.165, 1.54) is 22.8 Å². The Morgan fingerprint density at radius 3 is 3.05 bits per heavy atom. The third kappa shape index (κ3) is 3.38. The van der Waals surface area contributed by atoms with E-state index in [1.54, 1.807) is 0 Å². The van der Waals surface area contributed by atoms with Crippen LogP contribution >= 0.6 is 43.6 Å². The number of benzene rings is 1. The van der Waals surface area contributed by atoms with Gasteiger partial charge in [0.25, 0.3) is 0 Å². The van der Waals surface area contributed by atoms with Crippen molar-refractivity contribution in [1.82, 2.24) is 4.90 Å². The first kappa shape index (κ1) is 15.2. The van der Waals surface area contributed by atoms with Crippen molar-refractivity contribution in [2.75, 3.05) is 12.3 Å². The van der Waals surface area contributed by atoms with Crippen molar-refractivity contribution in [3.8, 4) is 0 Å². The summed E-state index contributed by atoms with van der Waals surface area (Å²) >= 11 is 8.89. The molecule has 0 bridgehead atoms. The first-order valence-electron chi connectivity index (χ1n) is 6.74. The molecule has 2 aliphatic rings. The fraction of sp³-hybridized carbons (Fsp3) is 0.267. The Morgan fingerprint density at radius 2 is 2.19 bits per heavy atom. The van der Waals surface area contributed by atoms with Gasteiger partial charge in [-0.1, -0.05) is 22.0 Å². The number of guanidine groups is 1. The molecule has 2 aliphatic heterocycles. The van der Waals surface area contributed by atoms with Gasteiger partial charge in [0.2, 0.25) is 5.96 Å². The molecule has 0 unspecified atom stereocenters. The summed E-state index contributed by atoms with van der Waals surface area (Å²) in [6.07, 6.45) is 6.62.